The minimum atomic E-state index is -0.264. The SMILES string of the molecule is CCC1CN(c2ncccn2)CC2(CCN(C(=O)c3ccc(OC(C)C)c(C)c3)CC2)O1. The molecule has 1 atom stereocenters. The van der Waals surface area contributed by atoms with Crippen LogP contribution >= 0.6 is 0 Å². The molecular weight excluding hydrogens is 404 g/mol. The summed E-state index contributed by atoms with van der Waals surface area (Å²) in [4.78, 5) is 26.3. The van der Waals surface area contributed by atoms with Crippen LogP contribution in [0.3, 0.4) is 0 Å². The van der Waals surface area contributed by atoms with Gasteiger partial charge in [-0.15, -0.1) is 0 Å². The summed E-state index contributed by atoms with van der Waals surface area (Å²) in [6.07, 6.45) is 6.39. The van der Waals surface area contributed by atoms with Crippen molar-refractivity contribution >= 4 is 11.9 Å². The van der Waals surface area contributed by atoms with Crippen molar-refractivity contribution in [1.29, 1.82) is 0 Å². The topological polar surface area (TPSA) is 67.8 Å². The van der Waals surface area contributed by atoms with E-state index in [-0.39, 0.29) is 23.7 Å². The number of ether oxygens (including phenoxy) is 2. The highest BCUT2D eigenvalue weighted by Crippen LogP contribution is 2.35. The predicted molar refractivity (Wildman–Crippen MR) is 124 cm³/mol. The Kier molecular flexibility index (Phi) is 6.65. The maximum Gasteiger partial charge on any atom is 0.253 e. The van der Waals surface area contributed by atoms with Gasteiger partial charge in [-0.2, -0.15) is 0 Å². The zero-order chi connectivity index (χ0) is 22.7. The molecule has 0 N–H and O–H groups in total. The van der Waals surface area contributed by atoms with Crippen LogP contribution in [0.5, 0.6) is 5.75 Å². The second kappa shape index (κ2) is 9.45. The number of rotatable bonds is 5. The monoisotopic (exact) mass is 438 g/mol. The van der Waals surface area contributed by atoms with Crippen molar-refractivity contribution in [2.75, 3.05) is 31.1 Å². The molecule has 7 heteroatoms. The lowest BCUT2D eigenvalue weighted by Gasteiger charge is -2.50. The average Bonchev–Trinajstić information content (AvgIpc) is 2.80. The largest absolute Gasteiger partial charge is 0.491 e. The molecule has 2 aliphatic rings. The van der Waals surface area contributed by atoms with Crippen LogP contribution in [0.15, 0.2) is 36.7 Å². The van der Waals surface area contributed by atoms with Crippen molar-refractivity contribution in [1.82, 2.24) is 14.9 Å². The highest BCUT2D eigenvalue weighted by molar-refractivity contribution is 5.94. The highest BCUT2D eigenvalue weighted by Gasteiger charge is 2.44. The molecule has 2 saturated heterocycles. The Balaban J connectivity index is 1.43. The van der Waals surface area contributed by atoms with E-state index in [1.807, 2.05) is 49.9 Å². The lowest BCUT2D eigenvalue weighted by molar-refractivity contribution is -0.130. The predicted octanol–water partition coefficient (Wildman–Crippen LogP) is 3.86. The number of carbonyl (C=O) groups excluding carboxylic acids is 1. The quantitative estimate of drug-likeness (QED) is 0.706. The van der Waals surface area contributed by atoms with Crippen molar-refractivity contribution in [2.45, 2.75) is 64.8 Å². The van der Waals surface area contributed by atoms with E-state index < -0.39 is 0 Å². The lowest BCUT2D eigenvalue weighted by atomic mass is 9.88. The Bertz CT molecular complexity index is 926. The molecule has 1 aromatic heterocycles. The first-order chi connectivity index (χ1) is 15.4. The summed E-state index contributed by atoms with van der Waals surface area (Å²) in [6, 6.07) is 7.55. The van der Waals surface area contributed by atoms with Gasteiger partial charge >= 0.3 is 0 Å². The van der Waals surface area contributed by atoms with Gasteiger partial charge in [0.1, 0.15) is 5.75 Å². The fraction of sp³-hybridized carbons (Fsp3) is 0.560. The number of carbonyl (C=O) groups is 1. The molecule has 1 spiro atoms. The number of aromatic nitrogens is 2. The first-order valence-electron chi connectivity index (χ1n) is 11.7. The van der Waals surface area contributed by atoms with E-state index in [1.54, 1.807) is 12.4 Å². The molecule has 2 fully saturated rings. The number of amides is 1. The van der Waals surface area contributed by atoms with Crippen molar-refractivity contribution in [3.8, 4) is 5.75 Å². The third kappa shape index (κ3) is 4.88. The zero-order valence-electron chi connectivity index (χ0n) is 19.6. The molecule has 3 heterocycles. The third-order valence-corrected chi connectivity index (χ3v) is 6.36. The first-order valence-corrected chi connectivity index (χ1v) is 11.7. The number of benzene rings is 1. The number of aryl methyl sites for hydroxylation is 1. The number of anilines is 1. The maximum atomic E-state index is 13.2. The third-order valence-electron chi connectivity index (χ3n) is 6.36. The van der Waals surface area contributed by atoms with Crippen LogP contribution < -0.4 is 9.64 Å². The number of piperidine rings is 1. The van der Waals surface area contributed by atoms with Gasteiger partial charge in [-0.3, -0.25) is 4.79 Å². The molecule has 0 bridgehead atoms. The minimum Gasteiger partial charge on any atom is -0.491 e. The Labute approximate surface area is 190 Å². The summed E-state index contributed by atoms with van der Waals surface area (Å²) in [7, 11) is 0. The second-order valence-electron chi connectivity index (χ2n) is 9.20. The smallest absolute Gasteiger partial charge is 0.253 e. The second-order valence-corrected chi connectivity index (χ2v) is 9.20. The van der Waals surface area contributed by atoms with Gasteiger partial charge in [0.25, 0.3) is 5.91 Å². The molecule has 1 unspecified atom stereocenters. The Morgan fingerprint density at radius 2 is 1.97 bits per heavy atom. The van der Waals surface area contributed by atoms with Gasteiger partial charge in [0.05, 0.1) is 24.4 Å². The van der Waals surface area contributed by atoms with Gasteiger partial charge in [0, 0.05) is 37.6 Å². The Morgan fingerprint density at radius 1 is 1.25 bits per heavy atom. The van der Waals surface area contributed by atoms with Crippen LogP contribution in [-0.2, 0) is 4.74 Å². The van der Waals surface area contributed by atoms with Crippen molar-refractivity contribution in [3.05, 3.63) is 47.8 Å². The summed E-state index contributed by atoms with van der Waals surface area (Å²) in [5.74, 6) is 1.66. The highest BCUT2D eigenvalue weighted by atomic mass is 16.5. The van der Waals surface area contributed by atoms with Crippen LogP contribution in [0.4, 0.5) is 5.95 Å². The van der Waals surface area contributed by atoms with Crippen LogP contribution in [0, 0.1) is 6.92 Å². The molecule has 172 valence electrons. The molecule has 1 aromatic carbocycles. The minimum absolute atomic E-state index is 0.0742. The summed E-state index contributed by atoms with van der Waals surface area (Å²) < 4.78 is 12.4. The van der Waals surface area contributed by atoms with Gasteiger partial charge in [-0.25, -0.2) is 9.97 Å². The lowest BCUT2D eigenvalue weighted by Crippen LogP contribution is -2.60. The fourth-order valence-corrected chi connectivity index (χ4v) is 4.65. The molecule has 4 rings (SSSR count). The number of likely N-dealkylation sites (tertiary alicyclic amines) is 1. The van der Waals surface area contributed by atoms with E-state index in [0.717, 1.165) is 49.6 Å². The van der Waals surface area contributed by atoms with Crippen LogP contribution in [0.25, 0.3) is 0 Å². The average molecular weight is 439 g/mol. The fourth-order valence-electron chi connectivity index (χ4n) is 4.65. The van der Waals surface area contributed by atoms with Crippen LogP contribution in [-0.4, -0.2) is 64.8 Å². The molecule has 0 saturated carbocycles. The van der Waals surface area contributed by atoms with Gasteiger partial charge < -0.3 is 19.3 Å². The van der Waals surface area contributed by atoms with E-state index in [0.29, 0.717) is 18.7 Å². The van der Waals surface area contributed by atoms with E-state index in [4.69, 9.17) is 9.47 Å². The summed E-state index contributed by atoms with van der Waals surface area (Å²) >= 11 is 0. The van der Waals surface area contributed by atoms with E-state index in [9.17, 15) is 4.79 Å². The van der Waals surface area contributed by atoms with Crippen LogP contribution in [0.1, 0.15) is 56.0 Å². The molecule has 0 radical (unpaired) electrons. The number of hydrogen-bond donors (Lipinski definition) is 0. The van der Waals surface area contributed by atoms with Crippen molar-refractivity contribution in [2.24, 2.45) is 0 Å². The molecule has 32 heavy (non-hydrogen) atoms. The molecule has 7 nitrogen and oxygen atoms in total. The van der Waals surface area contributed by atoms with E-state index >= 15 is 0 Å². The zero-order valence-corrected chi connectivity index (χ0v) is 19.6. The molecule has 2 aromatic rings. The van der Waals surface area contributed by atoms with Gasteiger partial charge in [-0.1, -0.05) is 6.92 Å². The summed E-state index contributed by atoms with van der Waals surface area (Å²) in [5.41, 5.74) is 1.43. The summed E-state index contributed by atoms with van der Waals surface area (Å²) in [5, 5.41) is 0. The van der Waals surface area contributed by atoms with Crippen molar-refractivity contribution in [3.63, 3.8) is 0 Å². The summed E-state index contributed by atoms with van der Waals surface area (Å²) in [6.45, 7) is 11.1. The molecule has 1 amide bonds. The van der Waals surface area contributed by atoms with Gasteiger partial charge in [0.2, 0.25) is 5.95 Å². The Morgan fingerprint density at radius 3 is 2.59 bits per heavy atom. The molecular formula is C25H34N4O3. The molecule has 0 aliphatic carbocycles. The standard InChI is InChI=1S/C25H34N4O3/c1-5-21-16-29(24-26-11-6-12-27-24)17-25(32-21)9-13-28(14-10-25)23(30)20-7-8-22(19(4)15-20)31-18(2)3/h6-8,11-12,15,18,21H,5,9-10,13-14,16-17H2,1-4H3. The van der Waals surface area contributed by atoms with E-state index in [1.165, 1.54) is 0 Å². The van der Waals surface area contributed by atoms with Gasteiger partial charge in [-0.05, 0) is 69.9 Å². The maximum absolute atomic E-state index is 13.2. The van der Waals surface area contributed by atoms with E-state index in [2.05, 4.69) is 21.8 Å². The first kappa shape index (κ1) is 22.5. The Hall–Kier alpha value is -2.67. The molecule has 2 aliphatic heterocycles. The number of morpholine rings is 1. The van der Waals surface area contributed by atoms with Crippen molar-refractivity contribution < 1.29 is 14.3 Å². The normalized spacial score (nSPS) is 20.6. The number of nitrogens with zero attached hydrogens (tertiary/aromatic N) is 4. The van der Waals surface area contributed by atoms with Crippen LogP contribution in [0.2, 0.25) is 0 Å². The van der Waals surface area contributed by atoms with Gasteiger partial charge in [0.15, 0.2) is 0 Å². The number of hydrogen-bond acceptors (Lipinski definition) is 6.